The predicted octanol–water partition coefficient (Wildman–Crippen LogP) is 1.43. The van der Waals surface area contributed by atoms with Gasteiger partial charge in [-0.05, 0) is 5.92 Å². The third kappa shape index (κ3) is 2.50. The zero-order chi connectivity index (χ0) is 13.3. The fourth-order valence-corrected chi connectivity index (χ4v) is 2.36. The van der Waals surface area contributed by atoms with Crippen molar-refractivity contribution in [3.63, 3.8) is 0 Å². The van der Waals surface area contributed by atoms with Crippen molar-refractivity contribution in [3.05, 3.63) is 18.2 Å². The molecule has 1 N–H and O–H groups in total. The lowest BCUT2D eigenvalue weighted by Gasteiger charge is -2.15. The molecule has 2 unspecified atom stereocenters. The van der Waals surface area contributed by atoms with Crippen LogP contribution >= 0.6 is 0 Å². The number of carboxylic acids is 1. The van der Waals surface area contributed by atoms with Crippen molar-refractivity contribution in [2.24, 2.45) is 11.8 Å². The van der Waals surface area contributed by atoms with Crippen molar-refractivity contribution >= 4 is 5.97 Å². The van der Waals surface area contributed by atoms with E-state index in [-0.39, 0.29) is 18.3 Å². The van der Waals surface area contributed by atoms with E-state index in [2.05, 4.69) is 4.98 Å². The summed E-state index contributed by atoms with van der Waals surface area (Å²) >= 11 is 0. The Morgan fingerprint density at radius 2 is 2.33 bits per heavy atom. The molecule has 1 aromatic rings. The molecule has 2 atom stereocenters. The fourth-order valence-electron chi connectivity index (χ4n) is 2.36. The van der Waals surface area contributed by atoms with Gasteiger partial charge < -0.3 is 5.11 Å². The molecule has 2 heterocycles. The Balaban J connectivity index is 2.03. The maximum absolute atomic E-state index is 12.6. The minimum atomic E-state index is -2.61. The maximum Gasteiger partial charge on any atom is 0.319 e. The van der Waals surface area contributed by atoms with Crippen LogP contribution in [0.2, 0.25) is 0 Å². The molecule has 0 radical (unpaired) electrons. The van der Waals surface area contributed by atoms with Gasteiger partial charge >= 0.3 is 12.5 Å². The second-order valence-electron chi connectivity index (χ2n) is 4.64. The zero-order valence-corrected chi connectivity index (χ0v) is 9.96. The predicted molar refractivity (Wildman–Crippen MR) is 59.0 cm³/mol. The molecule has 2 rings (SSSR count). The molecule has 5 nitrogen and oxygen atoms in total. The average Bonchev–Trinajstić information content (AvgIpc) is 2.85. The highest BCUT2D eigenvalue weighted by molar-refractivity contribution is 5.71. The summed E-state index contributed by atoms with van der Waals surface area (Å²) in [5, 5.41) is 9.00. The molecule has 0 bridgehead atoms. The van der Waals surface area contributed by atoms with Crippen molar-refractivity contribution < 1.29 is 18.7 Å². The van der Waals surface area contributed by atoms with Crippen molar-refractivity contribution in [2.45, 2.75) is 20.0 Å². The zero-order valence-electron chi connectivity index (χ0n) is 9.96. The molecule has 0 aliphatic carbocycles. The first kappa shape index (κ1) is 12.9. The van der Waals surface area contributed by atoms with Crippen molar-refractivity contribution in [2.75, 3.05) is 13.1 Å². The Morgan fingerprint density at radius 3 is 2.89 bits per heavy atom. The number of aliphatic carboxylic acids is 1. The summed E-state index contributed by atoms with van der Waals surface area (Å²) in [6.07, 6.45) is 2.56. The molecule has 0 saturated carbocycles. The monoisotopic (exact) mass is 259 g/mol. The maximum atomic E-state index is 12.6. The van der Waals surface area contributed by atoms with Crippen LogP contribution in [0, 0.1) is 11.8 Å². The SMILES string of the molecule is CC1CN(Cc2nccn2C(F)F)CC1C(=O)O. The normalized spacial score (nSPS) is 24.9. The van der Waals surface area contributed by atoms with Gasteiger partial charge in [-0.15, -0.1) is 0 Å². The van der Waals surface area contributed by atoms with E-state index in [1.165, 1.54) is 12.4 Å². The number of carboxylic acid groups (broad SMARTS) is 1. The second kappa shape index (κ2) is 5.01. The Morgan fingerprint density at radius 1 is 1.61 bits per heavy atom. The standard InChI is InChI=1S/C11H15F2N3O2/c1-7-4-15(5-8(7)10(17)18)6-9-14-2-3-16(9)11(12)13/h2-3,7-8,11H,4-6H2,1H3,(H,17,18). The molecule has 18 heavy (non-hydrogen) atoms. The van der Waals surface area contributed by atoms with Crippen LogP contribution in [0.15, 0.2) is 12.4 Å². The van der Waals surface area contributed by atoms with Gasteiger partial charge in [0.25, 0.3) is 0 Å². The molecule has 1 aliphatic rings. The van der Waals surface area contributed by atoms with E-state index in [0.29, 0.717) is 13.1 Å². The van der Waals surface area contributed by atoms with Gasteiger partial charge in [-0.25, -0.2) is 4.98 Å². The summed E-state index contributed by atoms with van der Waals surface area (Å²) in [4.78, 5) is 16.7. The Labute approximate surface area is 103 Å². The van der Waals surface area contributed by atoms with Crippen LogP contribution in [0.5, 0.6) is 0 Å². The number of hydrogen-bond donors (Lipinski definition) is 1. The summed E-state index contributed by atoms with van der Waals surface area (Å²) in [5.41, 5.74) is 0. The van der Waals surface area contributed by atoms with Crippen LogP contribution in [-0.4, -0.2) is 38.6 Å². The van der Waals surface area contributed by atoms with Gasteiger partial charge in [0, 0.05) is 25.5 Å². The first-order valence-electron chi connectivity index (χ1n) is 5.74. The highest BCUT2D eigenvalue weighted by Gasteiger charge is 2.35. The highest BCUT2D eigenvalue weighted by atomic mass is 19.3. The molecule has 100 valence electrons. The summed E-state index contributed by atoms with van der Waals surface area (Å²) in [6.45, 7) is 0.474. The van der Waals surface area contributed by atoms with Crippen molar-refractivity contribution in [1.29, 1.82) is 0 Å². The summed E-state index contributed by atoms with van der Waals surface area (Å²) in [5.74, 6) is -0.970. The van der Waals surface area contributed by atoms with Gasteiger partial charge in [-0.1, -0.05) is 6.92 Å². The van der Waals surface area contributed by atoms with Crippen LogP contribution in [0.1, 0.15) is 19.3 Å². The van der Waals surface area contributed by atoms with Gasteiger partial charge in [-0.3, -0.25) is 14.3 Å². The largest absolute Gasteiger partial charge is 0.481 e. The third-order valence-electron chi connectivity index (χ3n) is 3.33. The van der Waals surface area contributed by atoms with Crippen molar-refractivity contribution in [3.8, 4) is 0 Å². The average molecular weight is 259 g/mol. The van der Waals surface area contributed by atoms with Gasteiger partial charge in [0.1, 0.15) is 5.82 Å². The van der Waals surface area contributed by atoms with E-state index < -0.39 is 18.4 Å². The summed E-state index contributed by atoms with van der Waals surface area (Å²) < 4.78 is 26.1. The van der Waals surface area contributed by atoms with Gasteiger partial charge in [-0.2, -0.15) is 8.78 Å². The fraction of sp³-hybridized carbons (Fsp3) is 0.636. The molecular weight excluding hydrogens is 244 g/mol. The quantitative estimate of drug-likeness (QED) is 0.888. The topological polar surface area (TPSA) is 58.4 Å². The second-order valence-corrected chi connectivity index (χ2v) is 4.64. The lowest BCUT2D eigenvalue weighted by molar-refractivity contribution is -0.142. The lowest BCUT2D eigenvalue weighted by atomic mass is 9.99. The number of carbonyl (C=O) groups is 1. The van der Waals surface area contributed by atoms with E-state index in [1.54, 1.807) is 0 Å². The van der Waals surface area contributed by atoms with Crippen LogP contribution < -0.4 is 0 Å². The van der Waals surface area contributed by atoms with Gasteiger partial charge in [0.15, 0.2) is 0 Å². The molecule has 0 amide bonds. The van der Waals surface area contributed by atoms with Crippen LogP contribution in [0.4, 0.5) is 8.78 Å². The molecule has 1 aliphatic heterocycles. The number of alkyl halides is 2. The number of rotatable bonds is 4. The number of halogens is 2. The third-order valence-corrected chi connectivity index (χ3v) is 3.33. The number of hydrogen-bond acceptors (Lipinski definition) is 3. The summed E-state index contributed by atoms with van der Waals surface area (Å²) in [6, 6.07) is 0. The van der Waals surface area contributed by atoms with E-state index in [9.17, 15) is 13.6 Å². The number of likely N-dealkylation sites (tertiary alicyclic amines) is 1. The van der Waals surface area contributed by atoms with Gasteiger partial charge in [0.2, 0.25) is 0 Å². The van der Waals surface area contributed by atoms with E-state index in [4.69, 9.17) is 5.11 Å². The molecule has 7 heteroatoms. The van der Waals surface area contributed by atoms with Crippen LogP contribution in [-0.2, 0) is 11.3 Å². The number of nitrogens with zero attached hydrogens (tertiary/aromatic N) is 3. The number of imidazole rings is 1. The Bertz CT molecular complexity index is 436. The van der Waals surface area contributed by atoms with Crippen LogP contribution in [0.25, 0.3) is 0 Å². The Hall–Kier alpha value is -1.50. The van der Waals surface area contributed by atoms with E-state index in [0.717, 1.165) is 4.57 Å². The minimum absolute atomic E-state index is 0.0254. The molecule has 1 saturated heterocycles. The Kier molecular flexibility index (Phi) is 3.60. The highest BCUT2D eigenvalue weighted by Crippen LogP contribution is 2.25. The van der Waals surface area contributed by atoms with E-state index >= 15 is 0 Å². The smallest absolute Gasteiger partial charge is 0.319 e. The van der Waals surface area contributed by atoms with E-state index in [1.807, 2.05) is 11.8 Å². The first-order chi connectivity index (χ1) is 8.49. The molecule has 1 aromatic heterocycles. The number of aromatic nitrogens is 2. The van der Waals surface area contributed by atoms with Gasteiger partial charge in [0.05, 0.1) is 12.5 Å². The molecule has 0 aromatic carbocycles. The van der Waals surface area contributed by atoms with Crippen LogP contribution in [0.3, 0.4) is 0 Å². The minimum Gasteiger partial charge on any atom is -0.481 e. The lowest BCUT2D eigenvalue weighted by Crippen LogP contribution is -2.24. The molecule has 0 spiro atoms. The van der Waals surface area contributed by atoms with Crippen molar-refractivity contribution in [1.82, 2.24) is 14.5 Å². The molecule has 1 fully saturated rings. The summed E-state index contributed by atoms with van der Waals surface area (Å²) in [7, 11) is 0. The molecular formula is C11H15F2N3O2. The first-order valence-corrected chi connectivity index (χ1v) is 5.74.